The maximum absolute atomic E-state index is 13.1. The first-order chi connectivity index (χ1) is 33.4. The Morgan fingerprint density at radius 1 is 0.914 bits per heavy atom. The third-order valence-corrected chi connectivity index (χ3v) is 12.8. The number of carbonyl (C=O) groups is 8. The van der Waals surface area contributed by atoms with Crippen molar-refractivity contribution in [1.29, 1.82) is 0 Å². The van der Waals surface area contributed by atoms with E-state index in [1.165, 1.54) is 20.1 Å². The number of alkyl carbamates (subject to hydrolysis) is 1. The van der Waals surface area contributed by atoms with E-state index in [4.69, 9.17) is 30.2 Å². The lowest BCUT2D eigenvalue weighted by molar-refractivity contribution is -0.386. The highest BCUT2D eigenvalue weighted by molar-refractivity contribution is 8.00. The molecule has 5 aromatic rings. The molecule has 2 unspecified atom stereocenters. The molecule has 6 amide bonds. The van der Waals surface area contributed by atoms with Crippen molar-refractivity contribution >= 4 is 97.3 Å². The van der Waals surface area contributed by atoms with E-state index in [0.717, 1.165) is 60.6 Å². The van der Waals surface area contributed by atoms with Crippen molar-refractivity contribution in [3.63, 3.8) is 0 Å². The van der Waals surface area contributed by atoms with Gasteiger partial charge in [0.1, 0.15) is 24.7 Å². The van der Waals surface area contributed by atoms with E-state index >= 15 is 0 Å². The molecule has 0 aromatic heterocycles. The number of benzene rings is 5. The molecular weight excluding hydrogens is 935 g/mol. The number of imide groups is 1. The lowest BCUT2D eigenvalue weighted by Crippen LogP contribution is -2.50. The van der Waals surface area contributed by atoms with E-state index in [9.17, 15) is 48.5 Å². The van der Waals surface area contributed by atoms with Gasteiger partial charge in [0.25, 0.3) is 5.69 Å². The molecule has 22 nitrogen and oxygen atoms in total. The molecule has 1 fully saturated rings. The Bertz CT molecular complexity index is 2810. The smallest absolute Gasteiger partial charge is 0.408 e. The summed E-state index contributed by atoms with van der Waals surface area (Å²) in [7, 11) is 1.34. The topological polar surface area (TPSA) is 325 Å². The summed E-state index contributed by atoms with van der Waals surface area (Å²) < 4.78 is 16.8. The van der Waals surface area contributed by atoms with Crippen LogP contribution in [0.4, 0.5) is 10.5 Å². The number of nitro benzene ring substituents is 1. The second kappa shape index (κ2) is 23.5. The number of nitro groups is 1. The molecule has 0 saturated carbocycles. The van der Waals surface area contributed by atoms with Crippen LogP contribution in [0.1, 0.15) is 56.3 Å². The molecule has 4 atom stereocenters. The Labute approximate surface area is 403 Å². The van der Waals surface area contributed by atoms with Crippen LogP contribution < -0.4 is 36.5 Å². The Balaban J connectivity index is 0.948. The Morgan fingerprint density at radius 3 is 2.30 bits per heavy atom. The third kappa shape index (κ3) is 12.8. The van der Waals surface area contributed by atoms with Crippen molar-refractivity contribution < 1.29 is 67.7 Å². The molecule has 6 rings (SSSR count). The number of hydrogen-bond acceptors (Lipinski definition) is 15. The lowest BCUT2D eigenvalue weighted by Gasteiger charge is -2.20. The number of likely N-dealkylation sites (tertiary alicyclic amines) is 1. The van der Waals surface area contributed by atoms with Gasteiger partial charge in [0, 0.05) is 44.6 Å². The van der Waals surface area contributed by atoms with E-state index in [1.807, 2.05) is 30.3 Å². The zero-order valence-electron chi connectivity index (χ0n) is 38.0. The van der Waals surface area contributed by atoms with Crippen molar-refractivity contribution in [3.05, 3.63) is 88.0 Å². The molecular formula is C47H51N7O15S. The summed E-state index contributed by atoms with van der Waals surface area (Å²) in [5.41, 5.74) is 5.96. The van der Waals surface area contributed by atoms with Gasteiger partial charge >= 0.3 is 18.0 Å². The summed E-state index contributed by atoms with van der Waals surface area (Å²) >= 11 is 0.880. The van der Waals surface area contributed by atoms with Gasteiger partial charge in [-0.15, -0.1) is 11.8 Å². The number of nitrogens with one attached hydrogen (secondary N) is 4. The predicted octanol–water partition coefficient (Wildman–Crippen LogP) is 3.50. The summed E-state index contributed by atoms with van der Waals surface area (Å²) in [6, 6.07) is 18.1. The number of methoxy groups -OCH3 is 1. The number of thioether (sulfide) groups is 1. The zero-order valence-corrected chi connectivity index (χ0v) is 38.8. The van der Waals surface area contributed by atoms with Crippen LogP contribution >= 0.6 is 11.8 Å². The van der Waals surface area contributed by atoms with Crippen LogP contribution in [-0.2, 0) is 44.8 Å². The van der Waals surface area contributed by atoms with Gasteiger partial charge in [-0.25, -0.2) is 4.79 Å². The fourth-order valence-electron chi connectivity index (χ4n) is 7.89. The quantitative estimate of drug-likeness (QED) is 0.0145. The van der Waals surface area contributed by atoms with Crippen LogP contribution in [0.3, 0.4) is 0 Å². The molecule has 0 bridgehead atoms. The highest BCUT2D eigenvalue weighted by Gasteiger charge is 2.39. The van der Waals surface area contributed by atoms with E-state index < -0.39 is 88.2 Å². The van der Waals surface area contributed by atoms with Gasteiger partial charge in [0.05, 0.1) is 35.5 Å². The Hall–Kier alpha value is -7.79. The average Bonchev–Trinajstić information content (AvgIpc) is 3.60. The maximum atomic E-state index is 13.1. The van der Waals surface area contributed by atoms with Gasteiger partial charge in [-0.05, 0) is 63.7 Å². The number of carboxylic acids is 2. The minimum Gasteiger partial charge on any atom is -0.493 e. The maximum Gasteiger partial charge on any atom is 0.408 e. The molecule has 23 heteroatoms. The highest BCUT2D eigenvalue weighted by Crippen LogP contribution is 2.39. The van der Waals surface area contributed by atoms with Crippen LogP contribution in [0.5, 0.6) is 11.5 Å². The Kier molecular flexibility index (Phi) is 17.3. The molecule has 0 radical (unpaired) electrons. The average molecular weight is 986 g/mol. The van der Waals surface area contributed by atoms with Gasteiger partial charge < -0.3 is 51.4 Å². The van der Waals surface area contributed by atoms with Crippen molar-refractivity contribution in [2.75, 3.05) is 39.1 Å². The number of ether oxygens (including phenoxy) is 3. The zero-order chi connectivity index (χ0) is 50.6. The minimum atomic E-state index is -1.35. The van der Waals surface area contributed by atoms with Gasteiger partial charge in [-0.1, -0.05) is 54.6 Å². The fourth-order valence-corrected chi connectivity index (χ4v) is 9.08. The monoisotopic (exact) mass is 985 g/mol. The number of nitrogens with zero attached hydrogens (tertiary/aromatic N) is 2. The number of carbonyl (C=O) groups excluding carboxylic acids is 6. The number of rotatable bonds is 25. The van der Waals surface area contributed by atoms with Gasteiger partial charge in [0.15, 0.2) is 11.5 Å². The van der Waals surface area contributed by atoms with Crippen molar-refractivity contribution in [2.45, 2.75) is 69.0 Å². The normalized spacial score (nSPS) is 14.8. The SMILES string of the molecule is COc1cc(C(C)OC(=O)NCc2ccc3ccc4cccc5ccc2c3c45)c([N+](=O)[O-])cc1OCCCC(=O)NCCN1C(=O)CC(SC[C@H](NC(=O)CC[C@H](N)C(=O)O)C(=O)NCC(=O)O)C1=O. The van der Waals surface area contributed by atoms with Gasteiger partial charge in [0.2, 0.25) is 29.5 Å². The predicted molar refractivity (Wildman–Crippen MR) is 254 cm³/mol. The van der Waals surface area contributed by atoms with Gasteiger partial charge in [-0.3, -0.25) is 48.6 Å². The third-order valence-electron chi connectivity index (χ3n) is 11.5. The summed E-state index contributed by atoms with van der Waals surface area (Å²) in [5, 5.41) is 45.6. The molecule has 0 aliphatic carbocycles. The van der Waals surface area contributed by atoms with E-state index in [1.54, 1.807) is 0 Å². The Morgan fingerprint density at radius 2 is 1.61 bits per heavy atom. The summed E-state index contributed by atoms with van der Waals surface area (Å²) in [6.07, 6.45) is -2.61. The van der Waals surface area contributed by atoms with Crippen molar-refractivity contribution in [1.82, 2.24) is 26.2 Å². The standard InChI is InChI=1S/C47H51N7O15S/c1-25(69-47(64)51-22-29-11-10-28-9-8-26-5-3-6-27-12-13-30(29)43(28)42(26)27)31-19-35(67-2)36(20-34(31)54(65)66)68-18-4-7-38(55)49-16-17-53-40(57)21-37(45(53)61)70-24-33(44(60)50-23-41(58)59)52-39(56)15-14-32(48)46(62)63/h3,5-6,8-13,19-20,25,32-33,37H,4,7,14-18,21-24,48H2,1-2H3,(H,49,55)(H,50,60)(H,51,64)(H,52,56)(H,58,59)(H,62,63)/t25?,32-,33-,37?/m0/s1. The number of amides is 6. The number of hydrogen-bond donors (Lipinski definition) is 7. The molecule has 1 aliphatic heterocycles. The molecule has 5 aromatic carbocycles. The van der Waals surface area contributed by atoms with Crippen LogP contribution in [0.25, 0.3) is 32.3 Å². The van der Waals surface area contributed by atoms with Crippen molar-refractivity contribution in [2.24, 2.45) is 5.73 Å². The minimum absolute atomic E-state index is 0.0116. The van der Waals surface area contributed by atoms with E-state index in [-0.39, 0.29) is 81.2 Å². The number of aliphatic carboxylic acids is 2. The summed E-state index contributed by atoms with van der Waals surface area (Å²) in [6.45, 7) is 0.550. The largest absolute Gasteiger partial charge is 0.493 e. The summed E-state index contributed by atoms with van der Waals surface area (Å²) in [4.78, 5) is 111. The van der Waals surface area contributed by atoms with Crippen molar-refractivity contribution in [3.8, 4) is 11.5 Å². The van der Waals surface area contributed by atoms with Crippen LogP contribution in [-0.4, -0.2) is 124 Å². The molecule has 0 spiro atoms. The number of nitrogens with two attached hydrogens (primary N) is 1. The molecule has 70 heavy (non-hydrogen) atoms. The van der Waals surface area contributed by atoms with E-state index in [0.29, 0.717) is 0 Å². The first-order valence-electron chi connectivity index (χ1n) is 22.0. The van der Waals surface area contributed by atoms with Crippen LogP contribution in [0.2, 0.25) is 0 Å². The first kappa shape index (κ1) is 51.6. The molecule has 1 aliphatic rings. The first-order valence-corrected chi connectivity index (χ1v) is 23.1. The molecule has 370 valence electrons. The van der Waals surface area contributed by atoms with Crippen LogP contribution in [0.15, 0.2) is 66.7 Å². The second-order valence-corrected chi connectivity index (χ2v) is 17.5. The molecule has 1 heterocycles. The molecule has 8 N–H and O–H groups in total. The van der Waals surface area contributed by atoms with Crippen LogP contribution in [0, 0.1) is 10.1 Å². The highest BCUT2D eigenvalue weighted by atomic mass is 32.2. The number of carboxylic acid groups (broad SMARTS) is 2. The van der Waals surface area contributed by atoms with E-state index in [2.05, 4.69) is 45.5 Å². The fraction of sp³-hybridized carbons (Fsp3) is 0.362. The summed E-state index contributed by atoms with van der Waals surface area (Å²) in [5.74, 6) is -5.99. The second-order valence-electron chi connectivity index (χ2n) is 16.2. The van der Waals surface area contributed by atoms with Gasteiger partial charge in [-0.2, -0.15) is 0 Å². The molecule has 1 saturated heterocycles. The lowest BCUT2D eigenvalue weighted by atomic mass is 9.92.